The van der Waals surface area contributed by atoms with Crippen molar-refractivity contribution in [1.29, 1.82) is 0 Å². The second-order valence-electron chi connectivity index (χ2n) is 4.23. The van der Waals surface area contributed by atoms with Gasteiger partial charge in [-0.05, 0) is 43.7 Å². The molecule has 0 spiro atoms. The smallest absolute Gasteiger partial charge is 0.134 e. The maximum absolute atomic E-state index is 13.4. The molecule has 0 amide bonds. The van der Waals surface area contributed by atoms with Gasteiger partial charge in [0.2, 0.25) is 0 Å². The molecule has 0 aliphatic heterocycles. The van der Waals surface area contributed by atoms with Crippen LogP contribution in [0.3, 0.4) is 0 Å². The number of ether oxygens (including phenoxy) is 1. The van der Waals surface area contributed by atoms with E-state index >= 15 is 0 Å². The summed E-state index contributed by atoms with van der Waals surface area (Å²) in [7, 11) is 0. The first-order valence-electron chi connectivity index (χ1n) is 6.04. The van der Waals surface area contributed by atoms with E-state index in [1.807, 2.05) is 19.9 Å². The monoisotopic (exact) mass is 278 g/mol. The molecular weight excluding hydrogens is 263 g/mol. The van der Waals surface area contributed by atoms with E-state index in [4.69, 9.17) is 17.0 Å². The highest BCUT2D eigenvalue weighted by Crippen LogP contribution is 2.20. The van der Waals surface area contributed by atoms with Crippen LogP contribution in [0.1, 0.15) is 18.3 Å². The molecule has 19 heavy (non-hydrogen) atoms. The van der Waals surface area contributed by atoms with Crippen LogP contribution in [0, 0.1) is 17.4 Å². The van der Waals surface area contributed by atoms with E-state index in [0.717, 1.165) is 16.8 Å². The summed E-state index contributed by atoms with van der Waals surface area (Å²) in [4.78, 5) is 7.30. The largest absolute Gasteiger partial charge is 0.374 e. The van der Waals surface area contributed by atoms with Crippen LogP contribution in [0.2, 0.25) is 0 Å². The van der Waals surface area contributed by atoms with Gasteiger partial charge in [-0.2, -0.15) is 0 Å². The third-order valence-corrected chi connectivity index (χ3v) is 2.80. The molecule has 2 rings (SSSR count). The number of aromatic nitrogens is 2. The number of rotatable bonds is 4. The number of nitrogens with one attached hydrogen (secondary N) is 1. The number of halogens is 1. The van der Waals surface area contributed by atoms with Crippen LogP contribution >= 0.6 is 12.2 Å². The molecule has 100 valence electrons. The zero-order valence-corrected chi connectivity index (χ0v) is 11.7. The van der Waals surface area contributed by atoms with Gasteiger partial charge in [-0.15, -0.1) is 0 Å². The van der Waals surface area contributed by atoms with Crippen LogP contribution < -0.4 is 0 Å². The molecule has 0 aliphatic rings. The van der Waals surface area contributed by atoms with Gasteiger partial charge in [0.05, 0.1) is 0 Å². The van der Waals surface area contributed by atoms with Crippen LogP contribution in [-0.4, -0.2) is 16.6 Å². The summed E-state index contributed by atoms with van der Waals surface area (Å²) < 4.78 is 19.2. The Bertz CT molecular complexity index is 619. The van der Waals surface area contributed by atoms with Crippen molar-refractivity contribution in [2.24, 2.45) is 0 Å². The van der Waals surface area contributed by atoms with E-state index in [0.29, 0.717) is 23.7 Å². The van der Waals surface area contributed by atoms with E-state index < -0.39 is 0 Å². The zero-order valence-electron chi connectivity index (χ0n) is 10.9. The highest BCUT2D eigenvalue weighted by atomic mass is 32.1. The van der Waals surface area contributed by atoms with Crippen LogP contribution in [0.4, 0.5) is 4.39 Å². The fourth-order valence-electron chi connectivity index (χ4n) is 1.82. The van der Waals surface area contributed by atoms with Crippen LogP contribution in [0.5, 0.6) is 0 Å². The fourth-order valence-corrected chi connectivity index (χ4v) is 2.05. The molecule has 3 nitrogen and oxygen atoms in total. The maximum atomic E-state index is 13.4. The lowest BCUT2D eigenvalue weighted by Gasteiger charge is -2.07. The molecule has 5 heteroatoms. The summed E-state index contributed by atoms with van der Waals surface area (Å²) in [6, 6.07) is 6.58. The third-order valence-electron chi connectivity index (χ3n) is 2.59. The Morgan fingerprint density at radius 2 is 2.11 bits per heavy atom. The lowest BCUT2D eigenvalue weighted by molar-refractivity contribution is 0.128. The average molecular weight is 278 g/mol. The second kappa shape index (κ2) is 6.04. The maximum Gasteiger partial charge on any atom is 0.134 e. The molecule has 0 radical (unpaired) electrons. The lowest BCUT2D eigenvalue weighted by atomic mass is 10.1. The summed E-state index contributed by atoms with van der Waals surface area (Å²) >= 11 is 5.12. The van der Waals surface area contributed by atoms with Crippen molar-refractivity contribution >= 4 is 12.2 Å². The Kier molecular flexibility index (Phi) is 4.39. The number of aryl methyl sites for hydroxylation is 1. The van der Waals surface area contributed by atoms with Gasteiger partial charge >= 0.3 is 0 Å². The minimum Gasteiger partial charge on any atom is -0.374 e. The predicted molar refractivity (Wildman–Crippen MR) is 74.9 cm³/mol. The standard InChI is InChI=1S/C14H15FN2OS/c1-3-18-8-13-16-12(7-14(19)17-13)10-4-9(2)5-11(15)6-10/h4-7H,3,8H2,1-2H3,(H,16,17,19). The molecule has 0 unspecified atom stereocenters. The Morgan fingerprint density at radius 3 is 2.79 bits per heavy atom. The average Bonchev–Trinajstić information content (AvgIpc) is 2.34. The summed E-state index contributed by atoms with van der Waals surface area (Å²) in [5, 5.41) is 0. The lowest BCUT2D eigenvalue weighted by Crippen LogP contribution is -2.00. The third kappa shape index (κ3) is 3.68. The molecule has 0 saturated heterocycles. The SMILES string of the molecule is CCOCc1nc(=S)cc(-c2cc(C)cc(F)c2)[nH]1. The van der Waals surface area contributed by atoms with E-state index in [1.165, 1.54) is 12.1 Å². The number of H-pyrrole nitrogens is 1. The molecule has 0 bridgehead atoms. The molecular formula is C14H15FN2OS. The van der Waals surface area contributed by atoms with Gasteiger partial charge in [0.15, 0.2) is 0 Å². The molecule has 1 N–H and O–H groups in total. The predicted octanol–water partition coefficient (Wildman–Crippen LogP) is 3.79. The van der Waals surface area contributed by atoms with E-state index in [2.05, 4.69) is 9.97 Å². The van der Waals surface area contributed by atoms with Crippen molar-refractivity contribution in [3.8, 4) is 11.3 Å². The second-order valence-corrected chi connectivity index (χ2v) is 4.65. The Morgan fingerprint density at radius 1 is 1.32 bits per heavy atom. The number of aromatic amines is 1. The van der Waals surface area contributed by atoms with Gasteiger partial charge in [-0.1, -0.05) is 12.2 Å². The van der Waals surface area contributed by atoms with Gasteiger partial charge < -0.3 is 9.72 Å². The highest BCUT2D eigenvalue weighted by Gasteiger charge is 2.04. The Balaban J connectivity index is 2.43. The molecule has 0 saturated carbocycles. The molecule has 1 aromatic carbocycles. The van der Waals surface area contributed by atoms with Gasteiger partial charge in [0.1, 0.15) is 22.9 Å². The summed E-state index contributed by atoms with van der Waals surface area (Å²) in [5.74, 6) is 0.378. The zero-order chi connectivity index (χ0) is 13.8. The molecule has 2 aromatic rings. The molecule has 0 aliphatic carbocycles. The van der Waals surface area contributed by atoms with Crippen LogP contribution in [0.15, 0.2) is 24.3 Å². The number of hydrogen-bond donors (Lipinski definition) is 1. The van der Waals surface area contributed by atoms with E-state index in [9.17, 15) is 4.39 Å². The Hall–Kier alpha value is -1.59. The topological polar surface area (TPSA) is 37.9 Å². The quantitative estimate of drug-likeness (QED) is 0.865. The number of hydrogen-bond acceptors (Lipinski definition) is 3. The molecule has 1 aromatic heterocycles. The first-order chi connectivity index (χ1) is 9.08. The molecule has 1 heterocycles. The van der Waals surface area contributed by atoms with Crippen LogP contribution in [0.25, 0.3) is 11.3 Å². The normalized spacial score (nSPS) is 10.7. The van der Waals surface area contributed by atoms with Crippen molar-refractivity contribution in [2.45, 2.75) is 20.5 Å². The summed E-state index contributed by atoms with van der Waals surface area (Å²) in [5.41, 5.74) is 2.36. The van der Waals surface area contributed by atoms with E-state index in [-0.39, 0.29) is 5.82 Å². The first kappa shape index (κ1) is 13.8. The molecule has 0 fully saturated rings. The van der Waals surface area contributed by atoms with Gasteiger partial charge in [0, 0.05) is 17.9 Å². The van der Waals surface area contributed by atoms with Gasteiger partial charge in [-0.3, -0.25) is 0 Å². The van der Waals surface area contributed by atoms with Gasteiger partial charge in [-0.25, -0.2) is 9.37 Å². The fraction of sp³-hybridized carbons (Fsp3) is 0.286. The number of nitrogens with zero attached hydrogens (tertiary/aromatic N) is 1. The number of benzene rings is 1. The highest BCUT2D eigenvalue weighted by molar-refractivity contribution is 7.71. The van der Waals surface area contributed by atoms with Crippen molar-refractivity contribution in [3.05, 3.63) is 46.1 Å². The minimum atomic E-state index is -0.266. The van der Waals surface area contributed by atoms with Crippen molar-refractivity contribution in [2.75, 3.05) is 6.61 Å². The minimum absolute atomic E-state index is 0.266. The summed E-state index contributed by atoms with van der Waals surface area (Å²) in [6.45, 7) is 4.73. The Labute approximate surface area is 116 Å². The van der Waals surface area contributed by atoms with Crippen molar-refractivity contribution < 1.29 is 9.13 Å². The van der Waals surface area contributed by atoms with Crippen LogP contribution in [-0.2, 0) is 11.3 Å². The first-order valence-corrected chi connectivity index (χ1v) is 6.45. The van der Waals surface area contributed by atoms with E-state index in [1.54, 1.807) is 6.07 Å². The van der Waals surface area contributed by atoms with Crippen molar-refractivity contribution in [3.63, 3.8) is 0 Å². The summed E-state index contributed by atoms with van der Waals surface area (Å²) in [6.07, 6.45) is 0. The molecule has 0 atom stereocenters. The van der Waals surface area contributed by atoms with Gasteiger partial charge in [0.25, 0.3) is 0 Å². The van der Waals surface area contributed by atoms with Crippen molar-refractivity contribution in [1.82, 2.24) is 9.97 Å².